The van der Waals surface area contributed by atoms with E-state index in [9.17, 15) is 4.79 Å². The van der Waals surface area contributed by atoms with Gasteiger partial charge in [-0.05, 0) is 0 Å². The Balaban J connectivity index is 2.06. The molecular formula is C9H9N5O2. The Morgan fingerprint density at radius 2 is 2.31 bits per heavy atom. The van der Waals surface area contributed by atoms with E-state index in [0.29, 0.717) is 30.2 Å². The summed E-state index contributed by atoms with van der Waals surface area (Å²) >= 11 is 0. The molecule has 0 saturated carbocycles. The molecular weight excluding hydrogens is 210 g/mol. The molecule has 0 spiro atoms. The molecule has 3 rings (SSSR count). The van der Waals surface area contributed by atoms with E-state index in [1.54, 1.807) is 6.20 Å². The van der Waals surface area contributed by atoms with Crippen LogP contribution in [0.3, 0.4) is 0 Å². The Hall–Kier alpha value is -2.02. The first-order valence-corrected chi connectivity index (χ1v) is 4.84. The number of imidazole rings is 1. The monoisotopic (exact) mass is 219 g/mol. The summed E-state index contributed by atoms with van der Waals surface area (Å²) in [5.41, 5.74) is 6.18. The lowest BCUT2D eigenvalue weighted by Crippen LogP contribution is -2.26. The van der Waals surface area contributed by atoms with Crippen molar-refractivity contribution in [2.75, 3.05) is 13.2 Å². The Morgan fingerprint density at radius 3 is 2.94 bits per heavy atom. The van der Waals surface area contributed by atoms with E-state index in [4.69, 9.17) is 10.5 Å². The number of carbonyl (C=O) groups is 1. The first-order valence-electron chi connectivity index (χ1n) is 4.84. The van der Waals surface area contributed by atoms with Crippen molar-refractivity contribution >= 4 is 17.1 Å². The quantitative estimate of drug-likeness (QED) is 0.712. The maximum Gasteiger partial charge on any atom is 0.284 e. The zero-order valence-electron chi connectivity index (χ0n) is 8.30. The Morgan fingerprint density at radius 1 is 1.50 bits per heavy atom. The van der Waals surface area contributed by atoms with Crippen LogP contribution >= 0.6 is 0 Å². The second-order valence-electron chi connectivity index (χ2n) is 3.65. The van der Waals surface area contributed by atoms with Gasteiger partial charge in [-0.3, -0.25) is 4.79 Å². The summed E-state index contributed by atoms with van der Waals surface area (Å²) in [5.74, 6) is 0.428. The van der Waals surface area contributed by atoms with Crippen LogP contribution in [0.2, 0.25) is 0 Å². The first kappa shape index (κ1) is 9.22. The molecule has 1 amide bonds. The lowest BCUT2D eigenvalue weighted by molar-refractivity contribution is 0.00498. The van der Waals surface area contributed by atoms with Gasteiger partial charge in [-0.15, -0.1) is 0 Å². The first-order chi connectivity index (χ1) is 7.74. The average molecular weight is 219 g/mol. The number of aromatic nitrogens is 4. The highest BCUT2D eigenvalue weighted by Crippen LogP contribution is 2.21. The molecule has 0 unspecified atom stereocenters. The molecule has 16 heavy (non-hydrogen) atoms. The summed E-state index contributed by atoms with van der Waals surface area (Å²) in [4.78, 5) is 26.1. The van der Waals surface area contributed by atoms with E-state index in [2.05, 4.69) is 19.9 Å². The van der Waals surface area contributed by atoms with Crippen molar-refractivity contribution in [2.45, 2.75) is 5.92 Å². The number of H-pyrrole nitrogens is 1. The molecule has 7 nitrogen and oxygen atoms in total. The van der Waals surface area contributed by atoms with Gasteiger partial charge in [0.05, 0.1) is 25.3 Å². The number of hydrogen-bond donors (Lipinski definition) is 2. The van der Waals surface area contributed by atoms with E-state index >= 15 is 0 Å². The highest BCUT2D eigenvalue weighted by Gasteiger charge is 2.24. The Labute approximate surface area is 90.1 Å². The van der Waals surface area contributed by atoms with Crippen LogP contribution in [0.5, 0.6) is 0 Å². The van der Waals surface area contributed by atoms with Gasteiger partial charge < -0.3 is 15.5 Å². The summed E-state index contributed by atoms with van der Waals surface area (Å²) in [5, 5.41) is 0. The summed E-state index contributed by atoms with van der Waals surface area (Å²) in [6.07, 6.45) is 1.61. The zero-order chi connectivity index (χ0) is 11.1. The van der Waals surface area contributed by atoms with E-state index in [-0.39, 0.29) is 11.7 Å². The van der Waals surface area contributed by atoms with Gasteiger partial charge in [0, 0.05) is 0 Å². The minimum atomic E-state index is -0.605. The number of rotatable bonds is 2. The molecule has 2 aromatic rings. The lowest BCUT2D eigenvalue weighted by Gasteiger charge is -2.23. The molecule has 82 valence electrons. The molecule has 1 aliphatic rings. The fraction of sp³-hybridized carbons (Fsp3) is 0.333. The van der Waals surface area contributed by atoms with Gasteiger partial charge in [0.15, 0.2) is 11.5 Å². The maximum absolute atomic E-state index is 10.9. The molecule has 0 aromatic carbocycles. The summed E-state index contributed by atoms with van der Waals surface area (Å²) in [6, 6.07) is 0. The third-order valence-electron chi connectivity index (χ3n) is 2.49. The van der Waals surface area contributed by atoms with Crippen LogP contribution < -0.4 is 5.73 Å². The van der Waals surface area contributed by atoms with Crippen molar-refractivity contribution in [3.63, 3.8) is 0 Å². The van der Waals surface area contributed by atoms with Crippen molar-refractivity contribution in [3.8, 4) is 0 Å². The predicted octanol–water partition coefficient (Wildman–Crippen LogP) is -0.434. The highest BCUT2D eigenvalue weighted by atomic mass is 16.5. The molecule has 0 atom stereocenters. The van der Waals surface area contributed by atoms with Gasteiger partial charge in [-0.25, -0.2) is 15.0 Å². The summed E-state index contributed by atoms with van der Waals surface area (Å²) in [6.45, 7) is 1.28. The number of amides is 1. The molecule has 0 radical (unpaired) electrons. The second kappa shape index (κ2) is 3.24. The van der Waals surface area contributed by atoms with E-state index in [1.165, 1.54) is 0 Å². The van der Waals surface area contributed by atoms with Crippen LogP contribution in [-0.4, -0.2) is 39.1 Å². The lowest BCUT2D eigenvalue weighted by atomic mass is 10.1. The Bertz CT molecular complexity index is 560. The number of ether oxygens (including phenoxy) is 1. The molecule has 7 heteroatoms. The average Bonchev–Trinajstić information content (AvgIpc) is 2.57. The molecule has 2 aromatic heterocycles. The van der Waals surface area contributed by atoms with Crippen LogP contribution in [0.1, 0.15) is 22.4 Å². The van der Waals surface area contributed by atoms with Crippen LogP contribution in [-0.2, 0) is 4.74 Å². The molecule has 3 heterocycles. The number of nitrogens with zero attached hydrogens (tertiary/aromatic N) is 3. The normalized spacial score (nSPS) is 16.2. The van der Waals surface area contributed by atoms with Gasteiger partial charge in [0.1, 0.15) is 11.3 Å². The van der Waals surface area contributed by atoms with Crippen molar-refractivity contribution in [2.24, 2.45) is 5.73 Å². The second-order valence-corrected chi connectivity index (χ2v) is 3.65. The molecule has 3 N–H and O–H groups in total. The number of primary amides is 1. The molecule has 1 saturated heterocycles. The van der Waals surface area contributed by atoms with Crippen LogP contribution in [0, 0.1) is 0 Å². The zero-order valence-corrected chi connectivity index (χ0v) is 8.30. The van der Waals surface area contributed by atoms with Gasteiger partial charge in [-0.2, -0.15) is 0 Å². The molecule has 0 aliphatic carbocycles. The smallest absolute Gasteiger partial charge is 0.284 e. The number of aromatic amines is 1. The fourth-order valence-electron chi connectivity index (χ4n) is 1.52. The van der Waals surface area contributed by atoms with E-state index < -0.39 is 5.91 Å². The van der Waals surface area contributed by atoms with E-state index in [1.807, 2.05) is 0 Å². The fourth-order valence-corrected chi connectivity index (χ4v) is 1.52. The Kier molecular flexibility index (Phi) is 1.87. The highest BCUT2D eigenvalue weighted by molar-refractivity contribution is 5.92. The largest absolute Gasteiger partial charge is 0.380 e. The number of nitrogens with one attached hydrogen (secondary N) is 1. The third-order valence-corrected chi connectivity index (χ3v) is 2.49. The number of nitrogens with two attached hydrogens (primary N) is 1. The predicted molar refractivity (Wildman–Crippen MR) is 53.8 cm³/mol. The summed E-state index contributed by atoms with van der Waals surface area (Å²) < 4.78 is 5.06. The molecule has 1 aliphatic heterocycles. The summed E-state index contributed by atoms with van der Waals surface area (Å²) in [7, 11) is 0. The standard InChI is InChI=1S/C9H9N5O2/c10-6(15)9-12-5-1-11-7(4-2-16-3-4)13-8(5)14-9/h1,4H,2-3H2,(H2,10,15)(H,11,12,13,14). The number of hydrogen-bond acceptors (Lipinski definition) is 5. The minimum Gasteiger partial charge on any atom is -0.380 e. The van der Waals surface area contributed by atoms with Crippen molar-refractivity contribution in [3.05, 3.63) is 17.8 Å². The number of fused-ring (bicyclic) bond motifs is 1. The maximum atomic E-state index is 10.9. The van der Waals surface area contributed by atoms with Gasteiger partial charge in [0.25, 0.3) is 5.91 Å². The van der Waals surface area contributed by atoms with Crippen LogP contribution in [0.15, 0.2) is 6.20 Å². The van der Waals surface area contributed by atoms with Crippen molar-refractivity contribution in [1.29, 1.82) is 0 Å². The van der Waals surface area contributed by atoms with Gasteiger partial charge in [0.2, 0.25) is 0 Å². The van der Waals surface area contributed by atoms with Crippen molar-refractivity contribution in [1.82, 2.24) is 19.9 Å². The minimum absolute atomic E-state index is 0.103. The molecule has 1 fully saturated rings. The van der Waals surface area contributed by atoms with E-state index in [0.717, 1.165) is 0 Å². The van der Waals surface area contributed by atoms with Gasteiger partial charge >= 0.3 is 0 Å². The topological polar surface area (TPSA) is 107 Å². The molecule has 0 bridgehead atoms. The van der Waals surface area contributed by atoms with Crippen LogP contribution in [0.4, 0.5) is 0 Å². The van der Waals surface area contributed by atoms with Crippen LogP contribution in [0.25, 0.3) is 11.2 Å². The van der Waals surface area contributed by atoms with Gasteiger partial charge in [-0.1, -0.05) is 0 Å². The van der Waals surface area contributed by atoms with Crippen molar-refractivity contribution < 1.29 is 9.53 Å². The SMILES string of the molecule is NC(=O)c1nc2nc(C3COC3)ncc2[nH]1. The number of carbonyl (C=O) groups excluding carboxylic acids is 1. The third kappa shape index (κ3) is 1.33.